The van der Waals surface area contributed by atoms with E-state index >= 15 is 0 Å². The molecule has 1 fully saturated rings. The molecule has 0 aromatic heterocycles. The maximum atomic E-state index is 11.6. The van der Waals surface area contributed by atoms with Crippen LogP contribution in [0, 0.1) is 0 Å². The molecule has 106 valence electrons. The van der Waals surface area contributed by atoms with E-state index in [1.165, 1.54) is 6.08 Å². The summed E-state index contributed by atoms with van der Waals surface area (Å²) >= 11 is 0. The lowest BCUT2D eigenvalue weighted by Crippen LogP contribution is -2.48. The van der Waals surface area contributed by atoms with Gasteiger partial charge in [-0.15, -0.1) is 0 Å². The molecule has 0 saturated heterocycles. The molecule has 20 heavy (non-hydrogen) atoms. The van der Waals surface area contributed by atoms with Crippen molar-refractivity contribution in [3.05, 3.63) is 48.6 Å². The number of aliphatic carboxylic acids is 1. The molecule has 0 radical (unpaired) electrons. The first-order chi connectivity index (χ1) is 9.46. The summed E-state index contributed by atoms with van der Waals surface area (Å²) in [5.74, 6) is -1.06. The average Bonchev–Trinajstić information content (AvgIpc) is 3.05. The summed E-state index contributed by atoms with van der Waals surface area (Å²) in [6, 6.07) is 9.29. The Bertz CT molecular complexity index is 542. The average molecular weight is 275 g/mol. The van der Waals surface area contributed by atoms with Gasteiger partial charge in [-0.2, -0.15) is 0 Å². The molecule has 5 heteroatoms. The van der Waals surface area contributed by atoms with E-state index in [1.807, 2.05) is 37.3 Å². The first kappa shape index (κ1) is 14.1. The van der Waals surface area contributed by atoms with E-state index in [2.05, 4.69) is 11.9 Å². The molecule has 2 N–H and O–H groups in total. The lowest BCUT2D eigenvalue weighted by Gasteiger charge is -2.20. The summed E-state index contributed by atoms with van der Waals surface area (Å²) in [4.78, 5) is 23.2. The fraction of sp³-hybridized carbons (Fsp3) is 0.333. The van der Waals surface area contributed by atoms with Crippen molar-refractivity contribution in [1.82, 2.24) is 5.32 Å². The monoisotopic (exact) mass is 275 g/mol. The number of carboxylic acid groups (broad SMARTS) is 1. The van der Waals surface area contributed by atoms with Crippen molar-refractivity contribution in [2.75, 3.05) is 6.61 Å². The number of rotatable bonds is 5. The van der Waals surface area contributed by atoms with Gasteiger partial charge in [0.2, 0.25) is 0 Å². The standard InChI is InChI=1S/C15H17NO4/c1-3-9-20-13(19)16-15(12(17)18)10-14(15,2)11-7-5-4-6-8-11/h3-8H,1,9-10H2,2H3,(H,16,19)(H,17,18)/t14-,15-/m1/s1. The first-order valence-corrected chi connectivity index (χ1v) is 6.31. The molecule has 1 aromatic rings. The molecule has 1 aliphatic carbocycles. The molecule has 2 rings (SSSR count). The van der Waals surface area contributed by atoms with Crippen LogP contribution in [0.3, 0.4) is 0 Å². The number of nitrogens with one attached hydrogen (secondary N) is 1. The van der Waals surface area contributed by atoms with Crippen LogP contribution in [-0.4, -0.2) is 29.3 Å². The van der Waals surface area contributed by atoms with Crippen molar-refractivity contribution >= 4 is 12.1 Å². The summed E-state index contributed by atoms with van der Waals surface area (Å²) < 4.78 is 4.81. The maximum Gasteiger partial charge on any atom is 0.408 e. The van der Waals surface area contributed by atoms with Crippen molar-refractivity contribution in [3.63, 3.8) is 0 Å². The van der Waals surface area contributed by atoms with Crippen LogP contribution >= 0.6 is 0 Å². The predicted octanol–water partition coefficient (Wildman–Crippen LogP) is 2.08. The van der Waals surface area contributed by atoms with Gasteiger partial charge < -0.3 is 15.2 Å². The Hall–Kier alpha value is -2.30. The lowest BCUT2D eigenvalue weighted by atomic mass is 9.92. The molecule has 1 saturated carbocycles. The number of carbonyl (C=O) groups excluding carboxylic acids is 1. The molecule has 0 spiro atoms. The van der Waals surface area contributed by atoms with E-state index in [0.717, 1.165) is 5.56 Å². The van der Waals surface area contributed by atoms with E-state index in [9.17, 15) is 14.7 Å². The minimum Gasteiger partial charge on any atom is -0.479 e. The highest BCUT2D eigenvalue weighted by Crippen LogP contribution is 2.57. The molecule has 5 nitrogen and oxygen atoms in total. The number of hydrogen-bond acceptors (Lipinski definition) is 3. The number of alkyl carbamates (subject to hydrolysis) is 1. The van der Waals surface area contributed by atoms with Gasteiger partial charge in [-0.05, 0) is 12.0 Å². The van der Waals surface area contributed by atoms with Crippen LogP contribution < -0.4 is 5.32 Å². The third kappa shape index (κ3) is 2.15. The molecule has 1 aliphatic rings. The topological polar surface area (TPSA) is 75.6 Å². The quantitative estimate of drug-likeness (QED) is 0.807. The van der Waals surface area contributed by atoms with Crippen LogP contribution in [0.1, 0.15) is 18.9 Å². The zero-order valence-corrected chi connectivity index (χ0v) is 11.3. The predicted molar refractivity (Wildman–Crippen MR) is 73.5 cm³/mol. The van der Waals surface area contributed by atoms with E-state index < -0.39 is 23.0 Å². The highest BCUT2D eigenvalue weighted by atomic mass is 16.5. The summed E-state index contributed by atoms with van der Waals surface area (Å²) in [7, 11) is 0. The number of carbonyl (C=O) groups is 2. The molecule has 0 heterocycles. The Kier molecular flexibility index (Phi) is 3.53. The van der Waals surface area contributed by atoms with Gasteiger partial charge >= 0.3 is 12.1 Å². The largest absolute Gasteiger partial charge is 0.479 e. The van der Waals surface area contributed by atoms with Gasteiger partial charge in [0.1, 0.15) is 6.61 Å². The Morgan fingerprint density at radius 2 is 2.10 bits per heavy atom. The summed E-state index contributed by atoms with van der Waals surface area (Å²) in [6.45, 7) is 5.30. The SMILES string of the molecule is C=CCOC(=O)N[C@@]1(C(=O)O)C[C@]1(C)c1ccccc1. The van der Waals surface area contributed by atoms with Crippen LogP contribution in [0.5, 0.6) is 0 Å². The van der Waals surface area contributed by atoms with E-state index in [1.54, 1.807) is 0 Å². The van der Waals surface area contributed by atoms with Crippen molar-refractivity contribution in [1.29, 1.82) is 0 Å². The van der Waals surface area contributed by atoms with E-state index in [4.69, 9.17) is 4.74 Å². The molecule has 1 aromatic carbocycles. The van der Waals surface area contributed by atoms with Gasteiger partial charge in [0.25, 0.3) is 0 Å². The first-order valence-electron chi connectivity index (χ1n) is 6.31. The number of ether oxygens (including phenoxy) is 1. The van der Waals surface area contributed by atoms with Crippen molar-refractivity contribution in [2.45, 2.75) is 24.3 Å². The van der Waals surface area contributed by atoms with Gasteiger partial charge in [0.05, 0.1) is 0 Å². The van der Waals surface area contributed by atoms with Crippen LogP contribution in [0.25, 0.3) is 0 Å². The molecule has 1 amide bonds. The zero-order valence-electron chi connectivity index (χ0n) is 11.3. The minimum absolute atomic E-state index is 0.0452. The van der Waals surface area contributed by atoms with E-state index in [-0.39, 0.29) is 6.61 Å². The molecule has 0 aliphatic heterocycles. The number of carboxylic acids is 1. The van der Waals surface area contributed by atoms with E-state index in [0.29, 0.717) is 6.42 Å². The smallest absolute Gasteiger partial charge is 0.408 e. The van der Waals surface area contributed by atoms with Crippen molar-refractivity contribution in [2.24, 2.45) is 0 Å². The summed E-state index contributed by atoms with van der Waals surface area (Å²) in [5.41, 5.74) is -1.06. The number of hydrogen-bond donors (Lipinski definition) is 2. The van der Waals surface area contributed by atoms with Gasteiger partial charge in [-0.25, -0.2) is 9.59 Å². The van der Waals surface area contributed by atoms with Crippen LogP contribution in [0.2, 0.25) is 0 Å². The molecular weight excluding hydrogens is 258 g/mol. The van der Waals surface area contributed by atoms with Gasteiger partial charge in [0, 0.05) is 5.41 Å². The summed E-state index contributed by atoms with van der Waals surface area (Å²) in [5, 5.41) is 12.0. The van der Waals surface area contributed by atoms with Crippen LogP contribution in [0.15, 0.2) is 43.0 Å². The molecular formula is C15H17NO4. The fourth-order valence-electron chi connectivity index (χ4n) is 2.53. The maximum absolute atomic E-state index is 11.6. The van der Waals surface area contributed by atoms with Gasteiger partial charge in [0.15, 0.2) is 5.54 Å². The molecule has 0 unspecified atom stereocenters. The highest BCUT2D eigenvalue weighted by Gasteiger charge is 2.71. The summed E-state index contributed by atoms with van der Waals surface area (Å²) in [6.07, 6.45) is 1.02. The second kappa shape index (κ2) is 5.00. The molecule has 0 bridgehead atoms. The zero-order chi connectivity index (χ0) is 14.8. The number of benzene rings is 1. The molecule has 2 atom stereocenters. The van der Waals surface area contributed by atoms with Crippen molar-refractivity contribution in [3.8, 4) is 0 Å². The lowest BCUT2D eigenvalue weighted by molar-refractivity contribution is -0.141. The second-order valence-electron chi connectivity index (χ2n) is 5.10. The third-order valence-electron chi connectivity index (χ3n) is 3.86. The Morgan fingerprint density at radius 1 is 1.45 bits per heavy atom. The number of amides is 1. The van der Waals surface area contributed by atoms with Gasteiger partial charge in [-0.1, -0.05) is 49.9 Å². The second-order valence-corrected chi connectivity index (χ2v) is 5.10. The normalized spacial score (nSPS) is 27.4. The van der Waals surface area contributed by atoms with Crippen LogP contribution in [-0.2, 0) is 14.9 Å². The van der Waals surface area contributed by atoms with Gasteiger partial charge in [-0.3, -0.25) is 0 Å². The Morgan fingerprint density at radius 3 is 2.65 bits per heavy atom. The van der Waals surface area contributed by atoms with Crippen LogP contribution in [0.4, 0.5) is 4.79 Å². The Labute approximate surface area is 117 Å². The highest BCUT2D eigenvalue weighted by molar-refractivity contribution is 5.91. The fourth-order valence-corrected chi connectivity index (χ4v) is 2.53. The van der Waals surface area contributed by atoms with Crippen molar-refractivity contribution < 1.29 is 19.4 Å². The minimum atomic E-state index is -1.31. The Balaban J connectivity index is 2.20. The third-order valence-corrected chi connectivity index (χ3v) is 3.86.